The van der Waals surface area contributed by atoms with Crippen LogP contribution in [0.4, 0.5) is 0 Å². The van der Waals surface area contributed by atoms with Gasteiger partial charge in [0, 0.05) is 17.3 Å². The molecule has 0 bridgehead atoms. The van der Waals surface area contributed by atoms with Crippen LogP contribution in [0.25, 0.3) is 0 Å². The van der Waals surface area contributed by atoms with Gasteiger partial charge in [-0.25, -0.2) is 4.98 Å². The van der Waals surface area contributed by atoms with E-state index in [-0.39, 0.29) is 6.17 Å². The Labute approximate surface area is 97.9 Å². The second-order valence-corrected chi connectivity index (χ2v) is 5.15. The second kappa shape index (κ2) is 4.35. The molecule has 0 radical (unpaired) electrons. The van der Waals surface area contributed by atoms with E-state index in [1.165, 1.54) is 11.3 Å². The maximum absolute atomic E-state index is 6.03. The fourth-order valence-corrected chi connectivity index (χ4v) is 2.43. The largest absolute Gasteiger partial charge is 0.353 e. The summed E-state index contributed by atoms with van der Waals surface area (Å²) in [6, 6.07) is 0. The monoisotopic (exact) mass is 241 g/mol. The molecule has 0 aliphatic carbocycles. The highest BCUT2D eigenvalue weighted by molar-refractivity contribution is 7.15. The molecule has 1 unspecified atom stereocenters. The lowest BCUT2D eigenvalue weighted by Crippen LogP contribution is -2.39. The van der Waals surface area contributed by atoms with Crippen LogP contribution in [0.3, 0.4) is 0 Å². The molecule has 0 aromatic carbocycles. The molecule has 1 aromatic heterocycles. The lowest BCUT2D eigenvalue weighted by molar-refractivity contribution is 0.304. The van der Waals surface area contributed by atoms with E-state index in [2.05, 4.69) is 9.88 Å². The number of aromatic nitrogens is 1. The molecule has 80 valence electrons. The maximum Gasteiger partial charge on any atom is 0.183 e. The summed E-state index contributed by atoms with van der Waals surface area (Å²) in [7, 11) is 0. The smallest absolute Gasteiger partial charge is 0.183 e. The van der Waals surface area contributed by atoms with E-state index in [4.69, 9.17) is 17.3 Å². The number of hydrogen-bond acceptors (Lipinski definition) is 4. The Bertz CT molecular complexity index is 411. The topological polar surface area (TPSA) is 42.2 Å². The highest BCUT2D eigenvalue weighted by atomic mass is 35.5. The average molecular weight is 242 g/mol. The summed E-state index contributed by atoms with van der Waals surface area (Å²) in [6.07, 6.45) is 7.77. The molecule has 15 heavy (non-hydrogen) atoms. The molecule has 0 spiro atoms. The zero-order valence-electron chi connectivity index (χ0n) is 8.35. The van der Waals surface area contributed by atoms with Gasteiger partial charge >= 0.3 is 0 Å². The molecule has 1 atom stereocenters. The molecule has 2 N–H and O–H groups in total. The van der Waals surface area contributed by atoms with Crippen molar-refractivity contribution in [3.05, 3.63) is 39.5 Å². The molecule has 5 heteroatoms. The molecule has 3 nitrogen and oxygen atoms in total. The van der Waals surface area contributed by atoms with Crippen molar-refractivity contribution in [3.63, 3.8) is 0 Å². The Hall–Kier alpha value is -0.840. The summed E-state index contributed by atoms with van der Waals surface area (Å²) in [4.78, 5) is 7.19. The van der Waals surface area contributed by atoms with Crippen molar-refractivity contribution < 1.29 is 0 Å². The highest BCUT2D eigenvalue weighted by Gasteiger charge is 2.15. The van der Waals surface area contributed by atoms with E-state index in [0.29, 0.717) is 4.47 Å². The van der Waals surface area contributed by atoms with Gasteiger partial charge in [0.05, 0.1) is 12.7 Å². The Morgan fingerprint density at radius 3 is 3.13 bits per heavy atom. The summed E-state index contributed by atoms with van der Waals surface area (Å²) in [5, 5.41) is 0. The average Bonchev–Trinajstić information content (AvgIpc) is 2.59. The molecular weight excluding hydrogens is 230 g/mol. The molecule has 1 aliphatic rings. The van der Waals surface area contributed by atoms with Gasteiger partial charge in [-0.05, 0) is 18.6 Å². The first-order valence-corrected chi connectivity index (χ1v) is 5.83. The lowest BCUT2D eigenvalue weighted by Gasteiger charge is -2.29. The normalized spacial score (nSPS) is 20.6. The number of thiazole rings is 1. The number of nitrogens with two attached hydrogens (primary N) is 1. The van der Waals surface area contributed by atoms with Gasteiger partial charge in [0.15, 0.2) is 4.47 Å². The first-order valence-electron chi connectivity index (χ1n) is 4.63. The molecule has 1 aromatic rings. The van der Waals surface area contributed by atoms with E-state index in [0.717, 1.165) is 17.0 Å². The number of rotatable bonds is 2. The first-order chi connectivity index (χ1) is 7.16. The van der Waals surface area contributed by atoms with Gasteiger partial charge in [-0.1, -0.05) is 17.7 Å². The van der Waals surface area contributed by atoms with Crippen LogP contribution in [0, 0.1) is 0 Å². The highest BCUT2D eigenvalue weighted by Crippen LogP contribution is 2.22. The summed E-state index contributed by atoms with van der Waals surface area (Å²) in [6.45, 7) is 2.79. The van der Waals surface area contributed by atoms with Crippen LogP contribution < -0.4 is 5.73 Å². The summed E-state index contributed by atoms with van der Waals surface area (Å²) >= 11 is 7.26. The van der Waals surface area contributed by atoms with Crippen molar-refractivity contribution in [3.8, 4) is 0 Å². The third kappa shape index (κ3) is 2.40. The van der Waals surface area contributed by atoms with Gasteiger partial charge < -0.3 is 10.6 Å². The lowest BCUT2D eigenvalue weighted by atomic mass is 10.1. The predicted molar refractivity (Wildman–Crippen MR) is 63.5 cm³/mol. The Morgan fingerprint density at radius 1 is 1.67 bits per heavy atom. The maximum atomic E-state index is 6.03. The van der Waals surface area contributed by atoms with Crippen molar-refractivity contribution in [2.45, 2.75) is 19.6 Å². The molecule has 2 heterocycles. The van der Waals surface area contributed by atoms with E-state index < -0.39 is 0 Å². The van der Waals surface area contributed by atoms with Crippen molar-refractivity contribution >= 4 is 22.9 Å². The molecule has 2 rings (SSSR count). The van der Waals surface area contributed by atoms with Crippen LogP contribution in [0.1, 0.15) is 11.8 Å². The van der Waals surface area contributed by atoms with E-state index >= 15 is 0 Å². The molecule has 1 aliphatic heterocycles. The summed E-state index contributed by atoms with van der Waals surface area (Å²) < 4.78 is 0.576. The van der Waals surface area contributed by atoms with Gasteiger partial charge in [-0.15, -0.1) is 11.3 Å². The summed E-state index contributed by atoms with van der Waals surface area (Å²) in [5.41, 5.74) is 7.20. The SMILES string of the molecule is CC1=CC=CN(Cc2cnc(Cl)s2)C1N. The van der Waals surface area contributed by atoms with E-state index in [9.17, 15) is 0 Å². The third-order valence-corrected chi connectivity index (χ3v) is 3.42. The van der Waals surface area contributed by atoms with Crippen LogP contribution in [0.15, 0.2) is 30.1 Å². The second-order valence-electron chi connectivity index (χ2n) is 3.45. The van der Waals surface area contributed by atoms with E-state index in [1.54, 1.807) is 6.20 Å². The minimum atomic E-state index is -0.0455. The number of hydrogen-bond donors (Lipinski definition) is 1. The van der Waals surface area contributed by atoms with Crippen molar-refractivity contribution in [1.29, 1.82) is 0 Å². The van der Waals surface area contributed by atoms with Crippen LogP contribution in [0.2, 0.25) is 4.47 Å². The fraction of sp³-hybridized carbons (Fsp3) is 0.300. The van der Waals surface area contributed by atoms with Crippen LogP contribution in [0.5, 0.6) is 0 Å². The van der Waals surface area contributed by atoms with Gasteiger partial charge in [-0.2, -0.15) is 0 Å². The quantitative estimate of drug-likeness (QED) is 0.865. The number of halogens is 1. The van der Waals surface area contributed by atoms with Crippen molar-refractivity contribution in [2.24, 2.45) is 5.73 Å². The first kappa shape index (κ1) is 10.7. The Kier molecular flexibility index (Phi) is 3.09. The zero-order chi connectivity index (χ0) is 10.8. The number of allylic oxidation sites excluding steroid dienone is 2. The molecular formula is C10H12ClN3S. The predicted octanol–water partition coefficient (Wildman–Crippen LogP) is 2.36. The van der Waals surface area contributed by atoms with Gasteiger partial charge in [0.1, 0.15) is 0 Å². The summed E-state index contributed by atoms with van der Waals surface area (Å²) in [5.74, 6) is 0. The fourth-order valence-electron chi connectivity index (χ4n) is 1.45. The van der Waals surface area contributed by atoms with Crippen molar-refractivity contribution in [2.75, 3.05) is 0 Å². The minimum absolute atomic E-state index is 0.0455. The minimum Gasteiger partial charge on any atom is -0.353 e. The van der Waals surface area contributed by atoms with Gasteiger partial charge in [-0.3, -0.25) is 0 Å². The van der Waals surface area contributed by atoms with E-state index in [1.807, 2.05) is 25.3 Å². The number of nitrogens with zero attached hydrogens (tertiary/aromatic N) is 2. The van der Waals surface area contributed by atoms with Crippen LogP contribution >= 0.6 is 22.9 Å². The Morgan fingerprint density at radius 2 is 2.47 bits per heavy atom. The third-order valence-electron chi connectivity index (χ3n) is 2.32. The molecule has 0 amide bonds. The molecule has 0 saturated carbocycles. The Balaban J connectivity index is 2.07. The van der Waals surface area contributed by atoms with Crippen molar-refractivity contribution in [1.82, 2.24) is 9.88 Å². The van der Waals surface area contributed by atoms with Gasteiger partial charge in [0.25, 0.3) is 0 Å². The zero-order valence-corrected chi connectivity index (χ0v) is 9.92. The van der Waals surface area contributed by atoms with Gasteiger partial charge in [0.2, 0.25) is 0 Å². The van der Waals surface area contributed by atoms with Crippen LogP contribution in [-0.2, 0) is 6.54 Å². The van der Waals surface area contributed by atoms with Crippen LogP contribution in [-0.4, -0.2) is 16.0 Å². The molecule has 0 saturated heterocycles. The standard InChI is InChI=1S/C10H12ClN3S/c1-7-3-2-4-14(9(7)12)6-8-5-13-10(11)15-8/h2-5,9H,6,12H2,1H3. The molecule has 0 fully saturated rings.